The number of hydrogen-bond acceptors (Lipinski definition) is 4. The zero-order valence-corrected chi connectivity index (χ0v) is 16.4. The highest BCUT2D eigenvalue weighted by atomic mass is 32.2. The molecule has 0 heterocycles. The lowest BCUT2D eigenvalue weighted by Gasteiger charge is -2.07. The van der Waals surface area contributed by atoms with Crippen LogP contribution in [0.2, 0.25) is 0 Å². The third-order valence-corrected chi connectivity index (χ3v) is 5.01. The summed E-state index contributed by atoms with van der Waals surface area (Å²) in [7, 11) is -3.68. The van der Waals surface area contributed by atoms with Crippen molar-refractivity contribution < 1.29 is 17.9 Å². The summed E-state index contributed by atoms with van der Waals surface area (Å²) in [5.74, 6) is 6.02. The number of benzene rings is 2. The molecule has 0 atom stereocenters. The van der Waals surface area contributed by atoms with E-state index in [1.54, 1.807) is 6.08 Å². The Morgan fingerprint density at radius 2 is 1.86 bits per heavy atom. The molecular weight excluding hydrogens is 376 g/mol. The molecule has 146 valence electrons. The Kier molecular flexibility index (Phi) is 7.81. The standard InChI is InChI=1S/C21H22N2O4S/c1-3-8-18-9-4-5-10-21(18)27-16-7-6-15-22-28(25,26)20-13-11-19(12-14-20)23-17(2)24/h3-5,9-14,22H,1,8,15-16H2,2H3,(H,23,24). The van der Waals surface area contributed by atoms with Gasteiger partial charge in [-0.1, -0.05) is 36.1 Å². The Balaban J connectivity index is 1.86. The van der Waals surface area contributed by atoms with Crippen LogP contribution in [0.4, 0.5) is 5.69 Å². The summed E-state index contributed by atoms with van der Waals surface area (Å²) in [6, 6.07) is 13.5. The highest BCUT2D eigenvalue weighted by Crippen LogP contribution is 2.18. The van der Waals surface area contributed by atoms with Gasteiger partial charge in [0.05, 0.1) is 11.4 Å². The van der Waals surface area contributed by atoms with Crippen LogP contribution in [-0.2, 0) is 21.2 Å². The molecule has 2 N–H and O–H groups in total. The van der Waals surface area contributed by atoms with Gasteiger partial charge in [-0.2, -0.15) is 4.72 Å². The predicted octanol–water partition coefficient (Wildman–Crippen LogP) is 2.73. The van der Waals surface area contributed by atoms with Gasteiger partial charge in [0.1, 0.15) is 12.4 Å². The summed E-state index contributed by atoms with van der Waals surface area (Å²) in [5.41, 5.74) is 1.54. The van der Waals surface area contributed by atoms with E-state index in [9.17, 15) is 13.2 Å². The van der Waals surface area contributed by atoms with Crippen LogP contribution in [0.5, 0.6) is 5.75 Å². The third-order valence-electron chi connectivity index (χ3n) is 3.60. The van der Waals surface area contributed by atoms with Gasteiger partial charge in [-0.05, 0) is 42.3 Å². The molecule has 0 aliphatic heterocycles. The van der Waals surface area contributed by atoms with Crippen molar-refractivity contribution in [2.45, 2.75) is 18.2 Å². The highest BCUT2D eigenvalue weighted by Gasteiger charge is 2.12. The first-order valence-electron chi connectivity index (χ1n) is 8.57. The number of sulfonamides is 1. The first-order chi connectivity index (χ1) is 13.4. The second-order valence-electron chi connectivity index (χ2n) is 5.77. The number of amides is 1. The van der Waals surface area contributed by atoms with E-state index in [2.05, 4.69) is 28.5 Å². The molecule has 0 aromatic heterocycles. The number of hydrogen-bond donors (Lipinski definition) is 2. The first kappa shape index (κ1) is 21.2. The Bertz CT molecular complexity index is 987. The molecule has 1 amide bonds. The van der Waals surface area contributed by atoms with Crippen LogP contribution >= 0.6 is 0 Å². The molecule has 2 rings (SSSR count). The highest BCUT2D eigenvalue weighted by molar-refractivity contribution is 7.89. The molecule has 0 saturated carbocycles. The van der Waals surface area contributed by atoms with Gasteiger partial charge in [0.25, 0.3) is 0 Å². The predicted molar refractivity (Wildman–Crippen MR) is 110 cm³/mol. The summed E-state index contributed by atoms with van der Waals surface area (Å²) in [4.78, 5) is 11.1. The lowest BCUT2D eigenvalue weighted by Crippen LogP contribution is -2.24. The molecule has 0 aliphatic rings. The number of allylic oxidation sites excluding steroid dienone is 1. The fraction of sp³-hybridized carbons (Fsp3) is 0.190. The Labute approximate surface area is 165 Å². The maximum atomic E-state index is 12.2. The molecule has 0 radical (unpaired) electrons. The number of nitrogens with one attached hydrogen (secondary N) is 2. The van der Waals surface area contributed by atoms with E-state index in [4.69, 9.17) is 4.74 Å². The molecule has 0 unspecified atom stereocenters. The quantitative estimate of drug-likeness (QED) is 0.529. The van der Waals surface area contributed by atoms with Crippen molar-refractivity contribution in [2.24, 2.45) is 0 Å². The topological polar surface area (TPSA) is 84.5 Å². The van der Waals surface area contributed by atoms with Crippen molar-refractivity contribution in [3.05, 3.63) is 66.7 Å². The van der Waals surface area contributed by atoms with Gasteiger partial charge in [-0.3, -0.25) is 4.79 Å². The van der Waals surface area contributed by atoms with Gasteiger partial charge < -0.3 is 10.1 Å². The molecule has 2 aromatic carbocycles. The Morgan fingerprint density at radius 1 is 1.14 bits per heavy atom. The van der Waals surface area contributed by atoms with Crippen molar-refractivity contribution in [1.82, 2.24) is 4.72 Å². The Hall–Kier alpha value is -3.08. The molecule has 0 bridgehead atoms. The summed E-state index contributed by atoms with van der Waals surface area (Å²) in [6.07, 6.45) is 2.50. The van der Waals surface area contributed by atoms with Gasteiger partial charge in [0.2, 0.25) is 15.9 Å². The minimum absolute atomic E-state index is 0.0343. The first-order valence-corrected chi connectivity index (χ1v) is 10.1. The maximum absolute atomic E-state index is 12.2. The minimum atomic E-state index is -3.68. The van der Waals surface area contributed by atoms with Gasteiger partial charge in [-0.25, -0.2) is 8.42 Å². The van der Waals surface area contributed by atoms with E-state index < -0.39 is 10.0 Å². The largest absolute Gasteiger partial charge is 0.481 e. The van der Waals surface area contributed by atoms with Crippen LogP contribution < -0.4 is 14.8 Å². The van der Waals surface area contributed by atoms with Crippen molar-refractivity contribution in [2.75, 3.05) is 18.5 Å². The van der Waals surface area contributed by atoms with E-state index >= 15 is 0 Å². The van der Waals surface area contributed by atoms with Gasteiger partial charge in [0, 0.05) is 12.6 Å². The van der Waals surface area contributed by atoms with Crippen molar-refractivity contribution >= 4 is 21.6 Å². The van der Waals surface area contributed by atoms with Gasteiger partial charge in [-0.15, -0.1) is 6.58 Å². The van der Waals surface area contributed by atoms with Crippen LogP contribution in [0.3, 0.4) is 0 Å². The van der Waals surface area contributed by atoms with Gasteiger partial charge >= 0.3 is 0 Å². The second kappa shape index (κ2) is 10.3. The summed E-state index contributed by atoms with van der Waals surface area (Å²) in [5, 5.41) is 2.58. The molecule has 0 saturated heterocycles. The summed E-state index contributed by atoms with van der Waals surface area (Å²) >= 11 is 0. The van der Waals surface area contributed by atoms with E-state index in [0.717, 1.165) is 11.3 Å². The smallest absolute Gasteiger partial charge is 0.241 e. The number of para-hydroxylation sites is 1. The van der Waals surface area contributed by atoms with E-state index in [0.29, 0.717) is 12.1 Å². The maximum Gasteiger partial charge on any atom is 0.241 e. The fourth-order valence-electron chi connectivity index (χ4n) is 2.33. The zero-order valence-electron chi connectivity index (χ0n) is 15.6. The number of carbonyl (C=O) groups excluding carboxylic acids is 1. The summed E-state index contributed by atoms with van der Waals surface area (Å²) in [6.45, 7) is 5.22. The van der Waals surface area contributed by atoms with Crippen LogP contribution in [0.25, 0.3) is 0 Å². The molecule has 7 heteroatoms. The van der Waals surface area contributed by atoms with E-state index in [1.807, 2.05) is 24.3 Å². The number of rotatable bonds is 8. The SMILES string of the molecule is C=CCc1ccccc1OCC#CCNS(=O)(=O)c1ccc(NC(C)=O)cc1. The molecule has 2 aromatic rings. The number of ether oxygens (including phenoxy) is 1. The Morgan fingerprint density at radius 3 is 2.54 bits per heavy atom. The van der Waals surface area contributed by atoms with E-state index in [-0.39, 0.29) is 24.0 Å². The molecule has 0 aliphatic carbocycles. The van der Waals surface area contributed by atoms with Crippen LogP contribution in [0, 0.1) is 11.8 Å². The van der Waals surface area contributed by atoms with Crippen molar-refractivity contribution in [3.63, 3.8) is 0 Å². The van der Waals surface area contributed by atoms with Gasteiger partial charge in [0.15, 0.2) is 0 Å². The normalized spacial score (nSPS) is 10.5. The van der Waals surface area contributed by atoms with E-state index in [1.165, 1.54) is 31.2 Å². The summed E-state index contributed by atoms with van der Waals surface area (Å²) < 4.78 is 32.5. The molecule has 28 heavy (non-hydrogen) atoms. The van der Waals surface area contributed by atoms with Crippen molar-refractivity contribution in [3.8, 4) is 17.6 Å². The molecular formula is C21H22N2O4S. The average Bonchev–Trinajstić information content (AvgIpc) is 2.66. The monoisotopic (exact) mass is 398 g/mol. The molecule has 6 nitrogen and oxygen atoms in total. The second-order valence-corrected chi connectivity index (χ2v) is 7.54. The average molecular weight is 398 g/mol. The number of carbonyl (C=O) groups is 1. The van der Waals surface area contributed by atoms with Crippen LogP contribution in [0.15, 0.2) is 66.1 Å². The van der Waals surface area contributed by atoms with Crippen LogP contribution in [-0.4, -0.2) is 27.5 Å². The zero-order chi connectivity index (χ0) is 20.4. The minimum Gasteiger partial charge on any atom is -0.481 e. The number of anilines is 1. The molecule has 0 spiro atoms. The molecule has 0 fully saturated rings. The lowest BCUT2D eigenvalue weighted by molar-refractivity contribution is -0.114. The third kappa shape index (κ3) is 6.58. The fourth-order valence-corrected chi connectivity index (χ4v) is 3.25. The lowest BCUT2D eigenvalue weighted by atomic mass is 10.1. The van der Waals surface area contributed by atoms with Crippen LogP contribution in [0.1, 0.15) is 12.5 Å². The van der Waals surface area contributed by atoms with Crippen molar-refractivity contribution in [1.29, 1.82) is 0 Å².